The van der Waals surface area contributed by atoms with E-state index in [1.54, 1.807) is 6.20 Å². The zero-order valence-corrected chi connectivity index (χ0v) is 10.6. The minimum absolute atomic E-state index is 0.792. The quantitative estimate of drug-likeness (QED) is 0.743. The molecule has 0 unspecified atom stereocenters. The highest BCUT2D eigenvalue weighted by Crippen LogP contribution is 2.18. The molecule has 1 N–H and O–H groups in total. The fourth-order valence-electron chi connectivity index (χ4n) is 2.10. The van der Waals surface area contributed by atoms with Gasteiger partial charge in [0.15, 0.2) is 0 Å². The Morgan fingerprint density at radius 1 is 1.17 bits per heavy atom. The van der Waals surface area contributed by atoms with Crippen molar-refractivity contribution in [2.45, 2.75) is 20.3 Å². The van der Waals surface area contributed by atoms with Gasteiger partial charge in [-0.2, -0.15) is 0 Å². The second kappa shape index (κ2) is 4.26. The molecule has 18 heavy (non-hydrogen) atoms. The Bertz CT molecular complexity index is 645. The molecule has 0 saturated heterocycles. The number of benzene rings is 1. The van der Waals surface area contributed by atoms with Crippen LogP contribution in [0.1, 0.15) is 22.5 Å². The highest BCUT2D eigenvalue weighted by Gasteiger charge is 2.05. The summed E-state index contributed by atoms with van der Waals surface area (Å²) in [7, 11) is 0. The molecular weight excluding hydrogens is 222 g/mol. The third kappa shape index (κ3) is 1.99. The Morgan fingerprint density at radius 3 is 2.78 bits per heavy atom. The number of pyridine rings is 1. The molecule has 0 aliphatic rings. The van der Waals surface area contributed by atoms with Crippen LogP contribution in [0.4, 0.5) is 0 Å². The van der Waals surface area contributed by atoms with Crippen molar-refractivity contribution in [3.05, 3.63) is 59.2 Å². The lowest BCUT2D eigenvalue weighted by atomic mass is 10.1. The van der Waals surface area contributed by atoms with Crippen molar-refractivity contribution in [3.8, 4) is 0 Å². The van der Waals surface area contributed by atoms with Gasteiger partial charge in [0.25, 0.3) is 0 Å². The van der Waals surface area contributed by atoms with E-state index in [4.69, 9.17) is 0 Å². The molecule has 0 atom stereocenters. The van der Waals surface area contributed by atoms with Crippen molar-refractivity contribution in [1.29, 1.82) is 0 Å². The third-order valence-corrected chi connectivity index (χ3v) is 3.24. The largest absolute Gasteiger partial charge is 0.342 e. The summed E-state index contributed by atoms with van der Waals surface area (Å²) in [5.41, 5.74) is 5.89. The van der Waals surface area contributed by atoms with Crippen LogP contribution in [0.2, 0.25) is 0 Å². The van der Waals surface area contributed by atoms with Gasteiger partial charge in [0, 0.05) is 18.8 Å². The number of imidazole rings is 1. The Morgan fingerprint density at radius 2 is 2.00 bits per heavy atom. The van der Waals surface area contributed by atoms with E-state index in [9.17, 15) is 0 Å². The van der Waals surface area contributed by atoms with Gasteiger partial charge in [-0.25, -0.2) is 4.98 Å². The van der Waals surface area contributed by atoms with Crippen LogP contribution < -0.4 is 0 Å². The van der Waals surface area contributed by atoms with Crippen LogP contribution in [0, 0.1) is 13.8 Å². The topological polar surface area (TPSA) is 41.6 Å². The monoisotopic (exact) mass is 237 g/mol. The summed E-state index contributed by atoms with van der Waals surface area (Å²) < 4.78 is 0. The normalized spacial score (nSPS) is 11.0. The SMILES string of the molecule is Cc1cc2nc(Cc3cccnc3)[nH]c2cc1C. The molecule has 0 radical (unpaired) electrons. The van der Waals surface area contributed by atoms with Crippen molar-refractivity contribution in [1.82, 2.24) is 15.0 Å². The highest BCUT2D eigenvalue weighted by molar-refractivity contribution is 5.77. The van der Waals surface area contributed by atoms with Gasteiger partial charge >= 0.3 is 0 Å². The van der Waals surface area contributed by atoms with Crippen molar-refractivity contribution >= 4 is 11.0 Å². The van der Waals surface area contributed by atoms with Gasteiger partial charge in [-0.15, -0.1) is 0 Å². The molecule has 0 amide bonds. The van der Waals surface area contributed by atoms with Gasteiger partial charge in [0.2, 0.25) is 0 Å². The van der Waals surface area contributed by atoms with Gasteiger partial charge in [0.1, 0.15) is 5.82 Å². The molecule has 0 spiro atoms. The van der Waals surface area contributed by atoms with E-state index in [0.717, 1.165) is 23.3 Å². The summed E-state index contributed by atoms with van der Waals surface area (Å²) in [5, 5.41) is 0. The second-order valence-corrected chi connectivity index (χ2v) is 4.68. The molecule has 1 aromatic carbocycles. The maximum Gasteiger partial charge on any atom is 0.111 e. The van der Waals surface area contributed by atoms with E-state index >= 15 is 0 Å². The second-order valence-electron chi connectivity index (χ2n) is 4.68. The molecule has 0 bridgehead atoms. The number of hydrogen-bond acceptors (Lipinski definition) is 2. The number of nitrogens with zero attached hydrogens (tertiary/aromatic N) is 2. The predicted molar refractivity (Wildman–Crippen MR) is 72.6 cm³/mol. The van der Waals surface area contributed by atoms with E-state index < -0.39 is 0 Å². The first-order valence-corrected chi connectivity index (χ1v) is 6.07. The number of aryl methyl sites for hydroxylation is 2. The maximum atomic E-state index is 4.63. The van der Waals surface area contributed by atoms with Crippen LogP contribution in [0.3, 0.4) is 0 Å². The summed E-state index contributed by atoms with van der Waals surface area (Å²) in [5.74, 6) is 0.989. The summed E-state index contributed by atoms with van der Waals surface area (Å²) >= 11 is 0. The fourth-order valence-corrected chi connectivity index (χ4v) is 2.10. The summed E-state index contributed by atoms with van der Waals surface area (Å²) in [4.78, 5) is 12.1. The first-order valence-electron chi connectivity index (χ1n) is 6.07. The summed E-state index contributed by atoms with van der Waals surface area (Å²) in [6.45, 7) is 4.24. The minimum Gasteiger partial charge on any atom is -0.342 e. The molecule has 0 fully saturated rings. The van der Waals surface area contributed by atoms with E-state index in [2.05, 4.69) is 47.0 Å². The number of fused-ring (bicyclic) bond motifs is 1. The molecule has 0 saturated carbocycles. The highest BCUT2D eigenvalue weighted by atomic mass is 14.9. The molecule has 3 rings (SSSR count). The van der Waals surface area contributed by atoms with E-state index in [1.807, 2.05) is 12.3 Å². The predicted octanol–water partition coefficient (Wildman–Crippen LogP) is 3.17. The molecule has 3 nitrogen and oxygen atoms in total. The van der Waals surface area contributed by atoms with Gasteiger partial charge < -0.3 is 4.98 Å². The van der Waals surface area contributed by atoms with E-state index in [-0.39, 0.29) is 0 Å². The zero-order valence-electron chi connectivity index (χ0n) is 10.6. The molecular formula is C15H15N3. The molecule has 3 heteroatoms. The summed E-state index contributed by atoms with van der Waals surface area (Å²) in [6.07, 6.45) is 4.46. The number of rotatable bonds is 2. The van der Waals surface area contributed by atoms with Crippen molar-refractivity contribution in [2.24, 2.45) is 0 Å². The van der Waals surface area contributed by atoms with Crippen LogP contribution in [-0.4, -0.2) is 15.0 Å². The number of nitrogens with one attached hydrogen (secondary N) is 1. The standard InChI is InChI=1S/C15H15N3/c1-10-6-13-14(7-11(10)2)18-15(17-13)8-12-4-3-5-16-9-12/h3-7,9H,8H2,1-2H3,(H,17,18). The number of aromatic nitrogens is 3. The lowest BCUT2D eigenvalue weighted by Gasteiger charge is -1.97. The van der Waals surface area contributed by atoms with Crippen molar-refractivity contribution in [2.75, 3.05) is 0 Å². The van der Waals surface area contributed by atoms with E-state index in [1.165, 1.54) is 16.7 Å². The molecule has 0 aliphatic carbocycles. The molecule has 0 aliphatic heterocycles. The average molecular weight is 237 g/mol. The van der Waals surface area contributed by atoms with Crippen LogP contribution in [0.5, 0.6) is 0 Å². The van der Waals surface area contributed by atoms with Crippen LogP contribution in [-0.2, 0) is 6.42 Å². The average Bonchev–Trinajstić information content (AvgIpc) is 2.72. The number of hydrogen-bond donors (Lipinski definition) is 1. The molecule has 3 aromatic rings. The fraction of sp³-hybridized carbons (Fsp3) is 0.200. The van der Waals surface area contributed by atoms with Crippen LogP contribution in [0.25, 0.3) is 11.0 Å². The molecule has 90 valence electrons. The first-order chi connectivity index (χ1) is 8.72. The molecule has 2 heterocycles. The van der Waals surface area contributed by atoms with Crippen molar-refractivity contribution < 1.29 is 0 Å². The first kappa shape index (κ1) is 11.0. The third-order valence-electron chi connectivity index (χ3n) is 3.24. The van der Waals surface area contributed by atoms with Gasteiger partial charge in [-0.3, -0.25) is 4.98 Å². The zero-order chi connectivity index (χ0) is 12.5. The maximum absolute atomic E-state index is 4.63. The summed E-state index contributed by atoms with van der Waals surface area (Å²) in [6, 6.07) is 8.31. The van der Waals surface area contributed by atoms with Gasteiger partial charge in [-0.1, -0.05) is 6.07 Å². The smallest absolute Gasteiger partial charge is 0.111 e. The Labute approximate surface area is 106 Å². The molecule has 2 aromatic heterocycles. The number of H-pyrrole nitrogens is 1. The number of aromatic amines is 1. The van der Waals surface area contributed by atoms with Crippen molar-refractivity contribution in [3.63, 3.8) is 0 Å². The van der Waals surface area contributed by atoms with Gasteiger partial charge in [-0.05, 0) is 48.7 Å². The minimum atomic E-state index is 0.792. The lowest BCUT2D eigenvalue weighted by molar-refractivity contribution is 1.02. The van der Waals surface area contributed by atoms with E-state index in [0.29, 0.717) is 0 Å². The Balaban J connectivity index is 1.99. The lowest BCUT2D eigenvalue weighted by Crippen LogP contribution is -1.90. The van der Waals surface area contributed by atoms with Gasteiger partial charge in [0.05, 0.1) is 11.0 Å². The Hall–Kier alpha value is -2.16. The van der Waals surface area contributed by atoms with Crippen LogP contribution in [0.15, 0.2) is 36.7 Å². The Kier molecular flexibility index (Phi) is 2.59. The van der Waals surface area contributed by atoms with Crippen LogP contribution >= 0.6 is 0 Å².